The molecule has 1 atom stereocenters. The second-order valence-corrected chi connectivity index (χ2v) is 5.32. The monoisotopic (exact) mass is 265 g/mol. The number of aromatic nitrogens is 1. The van der Waals surface area contributed by atoms with E-state index in [-0.39, 0.29) is 11.9 Å². The summed E-state index contributed by atoms with van der Waals surface area (Å²) in [7, 11) is 1.90. The summed E-state index contributed by atoms with van der Waals surface area (Å²) in [6.45, 7) is 2.42. The zero-order valence-corrected chi connectivity index (χ0v) is 11.2. The molecular formula is C13H16FN3S. The Balaban J connectivity index is 2.12. The van der Waals surface area contributed by atoms with Gasteiger partial charge in [-0.3, -0.25) is 0 Å². The van der Waals surface area contributed by atoms with Gasteiger partial charge < -0.3 is 10.6 Å². The topological polar surface area (TPSA) is 42.1 Å². The van der Waals surface area contributed by atoms with Gasteiger partial charge >= 0.3 is 0 Å². The molecule has 5 heteroatoms. The summed E-state index contributed by atoms with van der Waals surface area (Å²) in [5, 5.41) is 0.852. The summed E-state index contributed by atoms with van der Waals surface area (Å²) >= 11 is 1.54. The molecule has 1 aromatic heterocycles. The van der Waals surface area contributed by atoms with Crippen LogP contribution in [0.2, 0.25) is 0 Å². The number of thiazole rings is 1. The van der Waals surface area contributed by atoms with E-state index < -0.39 is 0 Å². The van der Waals surface area contributed by atoms with Gasteiger partial charge in [0.05, 0.1) is 0 Å². The summed E-state index contributed by atoms with van der Waals surface area (Å²) in [6.07, 6.45) is 1.78. The number of rotatable bonds is 4. The standard InChI is InChI=1S/C13H16FN3S/c1-9(15)12-7-16-13(18-12)17(2)8-10-5-3-4-6-11(10)14/h3-7,9H,8,15H2,1-2H3. The van der Waals surface area contributed by atoms with E-state index in [2.05, 4.69) is 4.98 Å². The van der Waals surface area contributed by atoms with Crippen LogP contribution in [0, 0.1) is 5.82 Å². The van der Waals surface area contributed by atoms with Gasteiger partial charge in [0.2, 0.25) is 0 Å². The Morgan fingerprint density at radius 3 is 2.78 bits per heavy atom. The smallest absolute Gasteiger partial charge is 0.185 e. The molecule has 0 saturated heterocycles. The van der Waals surface area contributed by atoms with E-state index in [0.717, 1.165) is 10.0 Å². The average molecular weight is 265 g/mol. The van der Waals surface area contributed by atoms with E-state index in [1.807, 2.05) is 24.9 Å². The maximum absolute atomic E-state index is 13.5. The second kappa shape index (κ2) is 5.46. The van der Waals surface area contributed by atoms with Crippen molar-refractivity contribution in [3.05, 3.63) is 46.7 Å². The van der Waals surface area contributed by atoms with Gasteiger partial charge in [-0.25, -0.2) is 9.37 Å². The highest BCUT2D eigenvalue weighted by atomic mass is 32.1. The number of nitrogens with zero attached hydrogens (tertiary/aromatic N) is 2. The highest BCUT2D eigenvalue weighted by molar-refractivity contribution is 7.15. The number of nitrogens with two attached hydrogens (primary N) is 1. The third-order valence-electron chi connectivity index (χ3n) is 2.65. The van der Waals surface area contributed by atoms with Crippen molar-refractivity contribution < 1.29 is 4.39 Å². The van der Waals surface area contributed by atoms with Gasteiger partial charge in [0.1, 0.15) is 5.82 Å². The van der Waals surface area contributed by atoms with E-state index in [4.69, 9.17) is 5.73 Å². The summed E-state index contributed by atoms with van der Waals surface area (Å²) in [5.41, 5.74) is 6.46. The van der Waals surface area contributed by atoms with Crippen LogP contribution in [0.1, 0.15) is 23.4 Å². The van der Waals surface area contributed by atoms with E-state index in [1.165, 1.54) is 6.07 Å². The highest BCUT2D eigenvalue weighted by Crippen LogP contribution is 2.26. The molecule has 18 heavy (non-hydrogen) atoms. The van der Waals surface area contributed by atoms with E-state index in [0.29, 0.717) is 12.1 Å². The molecule has 2 aromatic rings. The normalized spacial score (nSPS) is 12.4. The van der Waals surface area contributed by atoms with E-state index in [1.54, 1.807) is 29.7 Å². The largest absolute Gasteiger partial charge is 0.347 e. The predicted molar refractivity (Wildman–Crippen MR) is 73.2 cm³/mol. The van der Waals surface area contributed by atoms with Crippen LogP contribution < -0.4 is 10.6 Å². The van der Waals surface area contributed by atoms with E-state index in [9.17, 15) is 4.39 Å². The van der Waals surface area contributed by atoms with Crippen molar-refractivity contribution in [1.29, 1.82) is 0 Å². The minimum absolute atomic E-state index is 0.0156. The Labute approximate surface area is 110 Å². The predicted octanol–water partition coefficient (Wildman–Crippen LogP) is 2.94. The molecule has 2 rings (SSSR count). The Morgan fingerprint density at radius 1 is 1.44 bits per heavy atom. The van der Waals surface area contributed by atoms with Crippen molar-refractivity contribution in [2.45, 2.75) is 19.5 Å². The molecule has 0 aliphatic heterocycles. The minimum atomic E-state index is -0.187. The lowest BCUT2D eigenvalue weighted by Gasteiger charge is -2.16. The molecule has 1 heterocycles. The molecule has 0 bridgehead atoms. The molecular weight excluding hydrogens is 249 g/mol. The van der Waals surface area contributed by atoms with Crippen LogP contribution in [-0.2, 0) is 6.54 Å². The van der Waals surface area contributed by atoms with Crippen molar-refractivity contribution >= 4 is 16.5 Å². The maximum Gasteiger partial charge on any atom is 0.185 e. The molecule has 1 aromatic carbocycles. The third-order valence-corrected chi connectivity index (χ3v) is 3.96. The number of benzene rings is 1. The fourth-order valence-electron chi connectivity index (χ4n) is 1.61. The summed E-state index contributed by atoms with van der Waals surface area (Å²) < 4.78 is 13.5. The van der Waals surface area contributed by atoms with Crippen molar-refractivity contribution in [3.63, 3.8) is 0 Å². The van der Waals surface area contributed by atoms with Crippen LogP contribution in [0.5, 0.6) is 0 Å². The maximum atomic E-state index is 13.5. The van der Waals surface area contributed by atoms with Crippen LogP contribution >= 0.6 is 11.3 Å². The summed E-state index contributed by atoms with van der Waals surface area (Å²) in [4.78, 5) is 7.26. The first-order valence-electron chi connectivity index (χ1n) is 5.74. The van der Waals surface area contributed by atoms with Gasteiger partial charge in [-0.2, -0.15) is 0 Å². The van der Waals surface area contributed by atoms with Crippen molar-refractivity contribution in [2.75, 3.05) is 11.9 Å². The summed E-state index contributed by atoms with van der Waals surface area (Å²) in [6, 6.07) is 6.76. The Bertz CT molecular complexity index is 524. The molecule has 0 aliphatic carbocycles. The van der Waals surface area contributed by atoms with Gasteiger partial charge in [-0.05, 0) is 13.0 Å². The molecule has 1 unspecified atom stereocenters. The first kappa shape index (κ1) is 13.0. The highest BCUT2D eigenvalue weighted by Gasteiger charge is 2.11. The van der Waals surface area contributed by atoms with Crippen LogP contribution in [0.15, 0.2) is 30.5 Å². The zero-order chi connectivity index (χ0) is 13.1. The molecule has 3 nitrogen and oxygen atoms in total. The van der Waals surface area contributed by atoms with Gasteiger partial charge in [-0.15, -0.1) is 11.3 Å². The van der Waals surface area contributed by atoms with Crippen LogP contribution in [0.3, 0.4) is 0 Å². The summed E-state index contributed by atoms with van der Waals surface area (Å²) in [5.74, 6) is -0.187. The Hall–Kier alpha value is -1.46. The van der Waals surface area contributed by atoms with Gasteiger partial charge in [0.25, 0.3) is 0 Å². The molecule has 0 spiro atoms. The Morgan fingerprint density at radius 2 is 2.17 bits per heavy atom. The molecule has 2 N–H and O–H groups in total. The van der Waals surface area contributed by atoms with Gasteiger partial charge in [0.15, 0.2) is 5.13 Å². The fraction of sp³-hybridized carbons (Fsp3) is 0.308. The first-order chi connectivity index (χ1) is 8.58. The lowest BCUT2D eigenvalue weighted by molar-refractivity contribution is 0.608. The van der Waals surface area contributed by atoms with Gasteiger partial charge in [0, 0.05) is 36.3 Å². The van der Waals surface area contributed by atoms with Crippen molar-refractivity contribution in [2.24, 2.45) is 5.73 Å². The number of hydrogen-bond donors (Lipinski definition) is 1. The molecule has 0 fully saturated rings. The Kier molecular flexibility index (Phi) is 3.93. The number of hydrogen-bond acceptors (Lipinski definition) is 4. The minimum Gasteiger partial charge on any atom is -0.347 e. The first-order valence-corrected chi connectivity index (χ1v) is 6.55. The molecule has 0 aliphatic rings. The second-order valence-electron chi connectivity index (χ2n) is 4.28. The van der Waals surface area contributed by atoms with Crippen molar-refractivity contribution in [3.8, 4) is 0 Å². The van der Waals surface area contributed by atoms with E-state index >= 15 is 0 Å². The lowest BCUT2D eigenvalue weighted by Crippen LogP contribution is -2.16. The SMILES string of the molecule is CC(N)c1cnc(N(C)Cc2ccccc2F)s1. The average Bonchev–Trinajstić information content (AvgIpc) is 2.81. The quantitative estimate of drug-likeness (QED) is 0.924. The zero-order valence-electron chi connectivity index (χ0n) is 10.4. The lowest BCUT2D eigenvalue weighted by atomic mass is 10.2. The van der Waals surface area contributed by atoms with Gasteiger partial charge in [-0.1, -0.05) is 18.2 Å². The molecule has 0 saturated carbocycles. The molecule has 0 amide bonds. The number of halogens is 1. The fourth-order valence-corrected chi connectivity index (χ4v) is 2.44. The molecule has 96 valence electrons. The third kappa shape index (κ3) is 2.86. The van der Waals surface area contributed by atoms with Crippen LogP contribution in [0.4, 0.5) is 9.52 Å². The van der Waals surface area contributed by atoms with Crippen LogP contribution in [0.25, 0.3) is 0 Å². The number of anilines is 1. The molecule has 0 radical (unpaired) electrons. The van der Waals surface area contributed by atoms with Crippen LogP contribution in [-0.4, -0.2) is 12.0 Å². The van der Waals surface area contributed by atoms with Crippen molar-refractivity contribution in [1.82, 2.24) is 4.98 Å².